The van der Waals surface area contributed by atoms with E-state index in [1.165, 1.54) is 4.90 Å². The highest BCUT2D eigenvalue weighted by atomic mass is 35.5. The second-order valence-corrected chi connectivity index (χ2v) is 9.22. The van der Waals surface area contributed by atoms with Gasteiger partial charge < -0.3 is 4.90 Å². The topological polar surface area (TPSA) is 70.6 Å². The van der Waals surface area contributed by atoms with E-state index in [9.17, 15) is 14.4 Å². The van der Waals surface area contributed by atoms with Gasteiger partial charge in [0.15, 0.2) is 0 Å². The monoisotopic (exact) mass is 453 g/mol. The molecule has 2 heterocycles. The summed E-state index contributed by atoms with van der Waals surface area (Å²) in [6.07, 6.45) is 5.91. The number of carbonyl (C=O) groups is 3. The third kappa shape index (κ3) is 4.29. The lowest BCUT2D eigenvalue weighted by Crippen LogP contribution is -2.45. The summed E-state index contributed by atoms with van der Waals surface area (Å²) < 4.78 is 0. The predicted molar refractivity (Wildman–Crippen MR) is 122 cm³/mol. The van der Waals surface area contributed by atoms with Crippen LogP contribution in [-0.4, -0.2) is 52.1 Å². The number of likely N-dealkylation sites (tertiary alicyclic amines) is 1. The normalized spacial score (nSPS) is 21.4. The van der Waals surface area contributed by atoms with E-state index < -0.39 is 5.41 Å². The average molecular weight is 454 g/mol. The molecule has 7 heteroatoms. The van der Waals surface area contributed by atoms with Crippen molar-refractivity contribution < 1.29 is 14.4 Å². The van der Waals surface area contributed by atoms with Crippen LogP contribution >= 0.6 is 11.6 Å². The number of likely N-dealkylation sites (N-methyl/N-ethyl adjacent to an activating group) is 1. The first-order valence-corrected chi connectivity index (χ1v) is 11.6. The van der Waals surface area contributed by atoms with Crippen molar-refractivity contribution >= 4 is 29.3 Å². The highest BCUT2D eigenvalue weighted by Crippen LogP contribution is 2.45. The number of amides is 3. The maximum atomic E-state index is 13.8. The number of hydrogen-bond acceptors (Lipinski definition) is 4. The van der Waals surface area contributed by atoms with Gasteiger partial charge in [0.1, 0.15) is 0 Å². The third-order valence-electron chi connectivity index (χ3n) is 6.74. The van der Waals surface area contributed by atoms with E-state index in [0.717, 1.165) is 31.4 Å². The van der Waals surface area contributed by atoms with Gasteiger partial charge in [0, 0.05) is 55.8 Å². The van der Waals surface area contributed by atoms with Crippen molar-refractivity contribution in [3.05, 3.63) is 64.9 Å². The van der Waals surface area contributed by atoms with Crippen molar-refractivity contribution in [1.82, 2.24) is 14.8 Å². The largest absolute Gasteiger partial charge is 0.345 e. The summed E-state index contributed by atoms with van der Waals surface area (Å²) in [5.41, 5.74) is 0.202. The van der Waals surface area contributed by atoms with Crippen LogP contribution < -0.4 is 0 Å². The quantitative estimate of drug-likeness (QED) is 0.598. The smallest absolute Gasteiger partial charge is 0.241 e. The van der Waals surface area contributed by atoms with Crippen LogP contribution in [0.3, 0.4) is 0 Å². The lowest BCUT2D eigenvalue weighted by Gasteiger charge is -2.31. The van der Waals surface area contributed by atoms with Crippen LogP contribution in [0.4, 0.5) is 0 Å². The molecule has 2 aromatic rings. The van der Waals surface area contributed by atoms with Crippen molar-refractivity contribution in [1.29, 1.82) is 0 Å². The minimum absolute atomic E-state index is 0.0219. The number of halogens is 1. The number of benzene rings is 1. The number of carbonyl (C=O) groups excluding carboxylic acids is 3. The maximum absolute atomic E-state index is 13.8. The van der Waals surface area contributed by atoms with Gasteiger partial charge in [0.05, 0.1) is 5.41 Å². The van der Waals surface area contributed by atoms with Crippen molar-refractivity contribution in [3.8, 4) is 0 Å². The molecule has 0 spiro atoms. The molecule has 2 fully saturated rings. The lowest BCUT2D eigenvalue weighted by molar-refractivity contribution is -0.144. The van der Waals surface area contributed by atoms with Gasteiger partial charge in [0.25, 0.3) is 0 Å². The molecule has 1 atom stereocenters. The molecule has 1 saturated carbocycles. The molecule has 1 saturated heterocycles. The van der Waals surface area contributed by atoms with E-state index in [0.29, 0.717) is 23.6 Å². The number of aromatic nitrogens is 1. The molecule has 4 rings (SSSR count). The van der Waals surface area contributed by atoms with Crippen LogP contribution in [-0.2, 0) is 26.2 Å². The molecule has 1 aromatic carbocycles. The van der Waals surface area contributed by atoms with E-state index in [4.69, 9.17) is 11.6 Å². The Hall–Kier alpha value is -2.73. The van der Waals surface area contributed by atoms with E-state index >= 15 is 0 Å². The minimum Gasteiger partial charge on any atom is -0.345 e. The Kier molecular flexibility index (Phi) is 6.60. The lowest BCUT2D eigenvalue weighted by atomic mass is 9.75. The molecule has 0 unspecified atom stereocenters. The number of rotatable bonds is 7. The Morgan fingerprint density at radius 1 is 1.16 bits per heavy atom. The zero-order chi connectivity index (χ0) is 22.7. The van der Waals surface area contributed by atoms with Crippen molar-refractivity contribution in [2.45, 2.75) is 56.4 Å². The Morgan fingerprint density at radius 3 is 2.56 bits per heavy atom. The van der Waals surface area contributed by atoms with Gasteiger partial charge >= 0.3 is 0 Å². The SMILES string of the molecule is CN(CCc1ccccn1)C(=O)C[C@@]1(c2ccccc2Cl)CC(=O)N(C2CCCC2)C1=O. The Bertz CT molecular complexity index is 1010. The van der Waals surface area contributed by atoms with Crippen LogP contribution in [0.1, 0.15) is 49.8 Å². The van der Waals surface area contributed by atoms with Gasteiger partial charge in [-0.05, 0) is 36.6 Å². The highest BCUT2D eigenvalue weighted by molar-refractivity contribution is 6.32. The molecule has 0 N–H and O–H groups in total. The summed E-state index contributed by atoms with van der Waals surface area (Å²) >= 11 is 6.50. The number of imide groups is 1. The first kappa shape index (κ1) is 22.5. The van der Waals surface area contributed by atoms with Gasteiger partial charge in [-0.3, -0.25) is 24.3 Å². The van der Waals surface area contributed by atoms with Gasteiger partial charge in [-0.25, -0.2) is 0 Å². The molecule has 1 aliphatic heterocycles. The standard InChI is InChI=1S/C25H28ClN3O3/c1-28(15-13-18-8-6-7-14-27-18)22(30)16-25(20-11-4-5-12-21(20)26)17-23(31)29(24(25)32)19-9-2-3-10-19/h4-8,11-12,14,19H,2-3,9-10,13,15-17H2,1H3/t25-/m0/s1. The van der Waals surface area contributed by atoms with Crippen LogP contribution in [0.25, 0.3) is 0 Å². The van der Waals surface area contributed by atoms with E-state index in [1.54, 1.807) is 42.4 Å². The summed E-state index contributed by atoms with van der Waals surface area (Å²) in [6.45, 7) is 0.475. The Labute approximate surface area is 193 Å². The number of pyridine rings is 1. The fourth-order valence-corrected chi connectivity index (χ4v) is 5.25. The summed E-state index contributed by atoms with van der Waals surface area (Å²) in [7, 11) is 1.72. The molecular formula is C25H28ClN3O3. The summed E-state index contributed by atoms with van der Waals surface area (Å²) in [5.74, 6) is -0.671. The van der Waals surface area contributed by atoms with E-state index in [1.807, 2.05) is 18.2 Å². The first-order valence-electron chi connectivity index (χ1n) is 11.2. The van der Waals surface area contributed by atoms with Crippen molar-refractivity contribution in [3.63, 3.8) is 0 Å². The molecule has 2 aliphatic rings. The first-order chi connectivity index (χ1) is 15.4. The summed E-state index contributed by atoms with van der Waals surface area (Å²) in [6, 6.07) is 12.7. The molecule has 0 radical (unpaired) electrons. The third-order valence-corrected chi connectivity index (χ3v) is 7.07. The molecular weight excluding hydrogens is 426 g/mol. The molecule has 0 bridgehead atoms. The van der Waals surface area contributed by atoms with Gasteiger partial charge in [0.2, 0.25) is 17.7 Å². The van der Waals surface area contributed by atoms with Crippen LogP contribution in [0.2, 0.25) is 5.02 Å². The molecule has 1 aliphatic carbocycles. The van der Waals surface area contributed by atoms with Crippen molar-refractivity contribution in [2.24, 2.45) is 0 Å². The zero-order valence-corrected chi connectivity index (χ0v) is 19.1. The molecule has 3 amide bonds. The fraction of sp³-hybridized carbons (Fsp3) is 0.440. The minimum atomic E-state index is -1.26. The highest BCUT2D eigenvalue weighted by Gasteiger charge is 2.56. The van der Waals surface area contributed by atoms with Crippen LogP contribution in [0.15, 0.2) is 48.7 Å². The van der Waals surface area contributed by atoms with Crippen LogP contribution in [0.5, 0.6) is 0 Å². The summed E-state index contributed by atoms with van der Waals surface area (Å²) in [4.78, 5) is 47.5. The van der Waals surface area contributed by atoms with Crippen molar-refractivity contribution in [2.75, 3.05) is 13.6 Å². The second kappa shape index (κ2) is 9.41. The summed E-state index contributed by atoms with van der Waals surface area (Å²) in [5, 5.41) is 0.408. The molecule has 32 heavy (non-hydrogen) atoms. The molecule has 168 valence electrons. The van der Waals surface area contributed by atoms with Gasteiger partial charge in [-0.2, -0.15) is 0 Å². The molecule has 1 aromatic heterocycles. The Morgan fingerprint density at radius 2 is 1.88 bits per heavy atom. The van der Waals surface area contributed by atoms with Crippen LogP contribution in [0, 0.1) is 0 Å². The molecule has 6 nitrogen and oxygen atoms in total. The predicted octanol–water partition coefficient (Wildman–Crippen LogP) is 3.77. The van der Waals surface area contributed by atoms with E-state index in [-0.39, 0.29) is 36.6 Å². The van der Waals surface area contributed by atoms with Gasteiger partial charge in [-0.1, -0.05) is 48.7 Å². The second-order valence-electron chi connectivity index (χ2n) is 8.81. The average Bonchev–Trinajstić information content (AvgIpc) is 3.39. The Balaban J connectivity index is 1.59. The van der Waals surface area contributed by atoms with E-state index in [2.05, 4.69) is 4.98 Å². The maximum Gasteiger partial charge on any atom is 0.241 e. The number of nitrogens with zero attached hydrogens (tertiary/aromatic N) is 3. The zero-order valence-electron chi connectivity index (χ0n) is 18.3. The van der Waals surface area contributed by atoms with Gasteiger partial charge in [-0.15, -0.1) is 0 Å². The fourth-order valence-electron chi connectivity index (χ4n) is 4.93. The number of hydrogen-bond donors (Lipinski definition) is 0.